The molecule has 1 aromatic heterocycles. The second-order valence-corrected chi connectivity index (χ2v) is 11.1. The Labute approximate surface area is 197 Å². The lowest BCUT2D eigenvalue weighted by Gasteiger charge is -2.32. The van der Waals surface area contributed by atoms with Crippen LogP contribution in [0.2, 0.25) is 0 Å². The van der Waals surface area contributed by atoms with Gasteiger partial charge in [0.05, 0.1) is 16.5 Å². The minimum absolute atomic E-state index is 0.00601. The number of amides is 2. The van der Waals surface area contributed by atoms with E-state index in [0.29, 0.717) is 24.4 Å². The number of thiazole rings is 1. The summed E-state index contributed by atoms with van der Waals surface area (Å²) in [5.74, 6) is -1.94. The number of aryl methyl sites for hydroxylation is 1. The summed E-state index contributed by atoms with van der Waals surface area (Å²) in [6, 6.07) is 3.87. The maximum Gasteiger partial charge on any atom is 0.249 e. The van der Waals surface area contributed by atoms with E-state index in [1.165, 1.54) is 27.8 Å². The zero-order valence-electron chi connectivity index (χ0n) is 18.9. The van der Waals surface area contributed by atoms with Crippen LogP contribution in [0.1, 0.15) is 38.8 Å². The first-order valence-corrected chi connectivity index (χ1v) is 13.2. The molecule has 0 unspecified atom stereocenters. The normalized spacial score (nSPS) is 19.0. The number of anilines is 1. The molecule has 2 heterocycles. The fourth-order valence-electron chi connectivity index (χ4n) is 3.70. The average molecular weight is 497 g/mol. The van der Waals surface area contributed by atoms with Crippen molar-refractivity contribution in [3.63, 3.8) is 0 Å². The van der Waals surface area contributed by atoms with Gasteiger partial charge in [-0.2, -0.15) is 4.31 Å². The molecule has 2 N–H and O–H groups in total. The Morgan fingerprint density at radius 1 is 1.30 bits per heavy atom. The summed E-state index contributed by atoms with van der Waals surface area (Å²) in [6.45, 7) is 5.93. The zero-order valence-corrected chi connectivity index (χ0v) is 20.5. The highest BCUT2D eigenvalue weighted by atomic mass is 32.2. The van der Waals surface area contributed by atoms with Crippen molar-refractivity contribution < 1.29 is 22.4 Å². The van der Waals surface area contributed by atoms with Gasteiger partial charge < -0.3 is 10.6 Å². The SMILES string of the molecule is CC[C@H](C)[C@@H](NC(=O)[C@@H]1CCCN(S(=O)(=O)c2ccc(F)cc2)C1)C(=O)Nc1nc(C)cs1. The minimum Gasteiger partial charge on any atom is -0.344 e. The van der Waals surface area contributed by atoms with Crippen molar-refractivity contribution in [2.24, 2.45) is 11.8 Å². The first-order chi connectivity index (χ1) is 15.6. The summed E-state index contributed by atoms with van der Waals surface area (Å²) in [4.78, 5) is 30.2. The topological polar surface area (TPSA) is 108 Å². The van der Waals surface area contributed by atoms with Gasteiger partial charge in [-0.1, -0.05) is 20.3 Å². The van der Waals surface area contributed by atoms with Crippen molar-refractivity contribution in [2.45, 2.75) is 51.0 Å². The number of hydrogen-bond acceptors (Lipinski definition) is 6. The van der Waals surface area contributed by atoms with Crippen molar-refractivity contribution >= 4 is 38.3 Å². The van der Waals surface area contributed by atoms with Crippen LogP contribution in [0.3, 0.4) is 0 Å². The molecule has 1 saturated heterocycles. The van der Waals surface area contributed by atoms with Gasteiger partial charge in [-0.05, 0) is 49.9 Å². The van der Waals surface area contributed by atoms with Crippen molar-refractivity contribution in [3.05, 3.63) is 41.2 Å². The molecule has 33 heavy (non-hydrogen) atoms. The number of sulfonamides is 1. The molecule has 0 spiro atoms. The third-order valence-electron chi connectivity index (χ3n) is 5.85. The van der Waals surface area contributed by atoms with Crippen molar-refractivity contribution in [3.8, 4) is 0 Å². The number of hydrogen-bond donors (Lipinski definition) is 2. The number of aromatic nitrogens is 1. The van der Waals surface area contributed by atoms with Gasteiger partial charge in [0, 0.05) is 18.5 Å². The van der Waals surface area contributed by atoms with Crippen LogP contribution in [-0.2, 0) is 19.6 Å². The van der Waals surface area contributed by atoms with Crippen molar-refractivity contribution in [1.82, 2.24) is 14.6 Å². The van der Waals surface area contributed by atoms with Gasteiger partial charge in [0.1, 0.15) is 11.9 Å². The van der Waals surface area contributed by atoms with Crippen LogP contribution in [0.4, 0.5) is 9.52 Å². The van der Waals surface area contributed by atoms with Crippen molar-refractivity contribution in [1.29, 1.82) is 0 Å². The minimum atomic E-state index is -3.85. The number of rotatable bonds is 8. The number of carbonyl (C=O) groups is 2. The average Bonchev–Trinajstić information content (AvgIpc) is 3.21. The summed E-state index contributed by atoms with van der Waals surface area (Å²) >= 11 is 1.31. The molecule has 2 amide bonds. The Kier molecular flexibility index (Phi) is 8.19. The maximum absolute atomic E-state index is 13.2. The fourth-order valence-corrected chi connectivity index (χ4v) is 5.91. The van der Waals surface area contributed by atoms with E-state index in [9.17, 15) is 22.4 Å². The predicted molar refractivity (Wildman–Crippen MR) is 125 cm³/mol. The summed E-state index contributed by atoms with van der Waals surface area (Å²) in [5.41, 5.74) is 0.795. The molecule has 1 aromatic carbocycles. The molecule has 180 valence electrons. The number of halogens is 1. The Morgan fingerprint density at radius 3 is 2.61 bits per heavy atom. The number of nitrogens with zero attached hydrogens (tertiary/aromatic N) is 2. The Bertz CT molecular complexity index is 1090. The molecule has 3 rings (SSSR count). The van der Waals surface area contributed by atoms with Gasteiger partial charge >= 0.3 is 0 Å². The molecular formula is C22H29FN4O4S2. The summed E-state index contributed by atoms with van der Waals surface area (Å²) in [5, 5.41) is 7.89. The summed E-state index contributed by atoms with van der Waals surface area (Å²) < 4.78 is 40.4. The van der Waals surface area contributed by atoms with E-state index in [2.05, 4.69) is 15.6 Å². The Hall–Kier alpha value is -2.37. The van der Waals surface area contributed by atoms with Gasteiger partial charge in [-0.15, -0.1) is 11.3 Å². The lowest BCUT2D eigenvalue weighted by molar-refractivity contribution is -0.131. The van der Waals surface area contributed by atoms with E-state index in [1.54, 1.807) is 0 Å². The molecule has 8 nitrogen and oxygen atoms in total. The van der Waals surface area contributed by atoms with E-state index in [4.69, 9.17) is 0 Å². The van der Waals surface area contributed by atoms with E-state index >= 15 is 0 Å². The first-order valence-electron chi connectivity index (χ1n) is 10.9. The van der Waals surface area contributed by atoms with E-state index < -0.39 is 27.8 Å². The van der Waals surface area contributed by atoms with Gasteiger partial charge in [-0.3, -0.25) is 9.59 Å². The van der Waals surface area contributed by atoms with Crippen molar-refractivity contribution in [2.75, 3.05) is 18.4 Å². The molecule has 0 radical (unpaired) electrons. The predicted octanol–water partition coefficient (Wildman–Crippen LogP) is 3.16. The largest absolute Gasteiger partial charge is 0.344 e. The number of carbonyl (C=O) groups excluding carboxylic acids is 2. The molecule has 3 atom stereocenters. The third-order valence-corrected chi connectivity index (χ3v) is 8.60. The van der Waals surface area contributed by atoms with E-state index in [-0.39, 0.29) is 35.7 Å². The quantitative estimate of drug-likeness (QED) is 0.584. The Balaban J connectivity index is 1.70. The van der Waals surface area contributed by atoms with Crippen LogP contribution in [0.15, 0.2) is 34.5 Å². The summed E-state index contributed by atoms with van der Waals surface area (Å²) in [6.07, 6.45) is 1.70. The molecule has 11 heteroatoms. The highest BCUT2D eigenvalue weighted by Gasteiger charge is 2.35. The number of piperidine rings is 1. The van der Waals surface area contributed by atoms with E-state index in [1.807, 2.05) is 26.2 Å². The Morgan fingerprint density at radius 2 is 2.00 bits per heavy atom. The molecule has 1 aliphatic heterocycles. The smallest absolute Gasteiger partial charge is 0.249 e. The summed E-state index contributed by atoms with van der Waals surface area (Å²) in [7, 11) is -3.85. The molecule has 0 bridgehead atoms. The van der Waals surface area contributed by atoms with Gasteiger partial charge in [-0.25, -0.2) is 17.8 Å². The van der Waals surface area contributed by atoms with Crippen LogP contribution in [0.5, 0.6) is 0 Å². The highest BCUT2D eigenvalue weighted by Crippen LogP contribution is 2.25. The molecular weight excluding hydrogens is 467 g/mol. The second-order valence-electron chi connectivity index (χ2n) is 8.31. The standard InChI is InChI=1S/C22H29FN4O4S2/c1-4-14(2)19(21(29)26-22-24-15(3)13-32-22)25-20(28)16-6-5-11-27(12-16)33(30,31)18-9-7-17(23)8-10-18/h7-10,13-14,16,19H,4-6,11-12H2,1-3H3,(H,25,28)(H,24,26,29)/t14-,16+,19+/m0/s1. The maximum atomic E-state index is 13.2. The van der Waals surface area contributed by atoms with Crippen LogP contribution in [0.25, 0.3) is 0 Å². The van der Waals surface area contributed by atoms with Crippen LogP contribution in [-0.4, -0.2) is 48.7 Å². The van der Waals surface area contributed by atoms with Crippen LogP contribution < -0.4 is 10.6 Å². The molecule has 0 aliphatic carbocycles. The second kappa shape index (κ2) is 10.7. The number of nitrogens with one attached hydrogen (secondary N) is 2. The lowest BCUT2D eigenvalue weighted by atomic mass is 9.95. The molecule has 1 fully saturated rings. The van der Waals surface area contributed by atoms with Crippen LogP contribution in [0, 0.1) is 24.6 Å². The third kappa shape index (κ3) is 6.15. The zero-order chi connectivity index (χ0) is 24.2. The molecule has 0 saturated carbocycles. The monoisotopic (exact) mass is 496 g/mol. The fraction of sp³-hybridized carbons (Fsp3) is 0.500. The van der Waals surface area contributed by atoms with Gasteiger partial charge in [0.2, 0.25) is 21.8 Å². The van der Waals surface area contributed by atoms with E-state index in [0.717, 1.165) is 17.8 Å². The lowest BCUT2D eigenvalue weighted by Crippen LogP contribution is -2.52. The van der Waals surface area contributed by atoms with Gasteiger partial charge in [0.15, 0.2) is 5.13 Å². The molecule has 2 aromatic rings. The first kappa shape index (κ1) is 25.3. The number of benzene rings is 1. The van der Waals surface area contributed by atoms with Crippen LogP contribution >= 0.6 is 11.3 Å². The highest BCUT2D eigenvalue weighted by molar-refractivity contribution is 7.89. The van der Waals surface area contributed by atoms with Gasteiger partial charge in [0.25, 0.3) is 0 Å². The molecule has 1 aliphatic rings.